The average molecular weight is 340 g/mol. The molecule has 0 bridgehead atoms. The third-order valence-electron chi connectivity index (χ3n) is 3.59. The minimum absolute atomic E-state index is 0.0351. The molecule has 6 nitrogen and oxygen atoms in total. The van der Waals surface area contributed by atoms with E-state index in [0.29, 0.717) is 24.9 Å². The van der Waals surface area contributed by atoms with Crippen LogP contribution in [-0.2, 0) is 22.6 Å². The van der Waals surface area contributed by atoms with E-state index >= 15 is 0 Å². The van der Waals surface area contributed by atoms with Gasteiger partial charge in [0.05, 0.1) is 0 Å². The van der Waals surface area contributed by atoms with Crippen LogP contribution in [0.15, 0.2) is 54.6 Å². The van der Waals surface area contributed by atoms with Crippen molar-refractivity contribution in [2.24, 2.45) is 0 Å². The van der Waals surface area contributed by atoms with Gasteiger partial charge in [-0.15, -0.1) is 0 Å². The van der Waals surface area contributed by atoms with Crippen LogP contribution in [0.5, 0.6) is 0 Å². The first-order chi connectivity index (χ1) is 12.0. The first kappa shape index (κ1) is 18.2. The molecule has 0 aromatic heterocycles. The Labute approximate surface area is 145 Å². The summed E-state index contributed by atoms with van der Waals surface area (Å²) in [4.78, 5) is 34.0. The van der Waals surface area contributed by atoms with Crippen molar-refractivity contribution in [1.29, 1.82) is 0 Å². The van der Waals surface area contributed by atoms with Crippen molar-refractivity contribution in [1.82, 2.24) is 10.6 Å². The van der Waals surface area contributed by atoms with Crippen LogP contribution in [0, 0.1) is 0 Å². The fourth-order valence-corrected chi connectivity index (χ4v) is 2.22. The van der Waals surface area contributed by atoms with Gasteiger partial charge in [0, 0.05) is 18.5 Å². The molecule has 0 spiro atoms. The predicted octanol–water partition coefficient (Wildman–Crippen LogP) is 1.75. The van der Waals surface area contributed by atoms with Gasteiger partial charge in [-0.2, -0.15) is 0 Å². The van der Waals surface area contributed by atoms with Gasteiger partial charge in [0.1, 0.15) is 6.54 Å². The van der Waals surface area contributed by atoms with E-state index < -0.39 is 18.4 Å². The fraction of sp³-hybridized carbons (Fsp3) is 0.211. The lowest BCUT2D eigenvalue weighted by atomic mass is 10.1. The van der Waals surface area contributed by atoms with Crippen LogP contribution in [0.4, 0.5) is 0 Å². The highest BCUT2D eigenvalue weighted by Gasteiger charge is 2.07. The number of carboxylic acids is 1. The van der Waals surface area contributed by atoms with Gasteiger partial charge in [-0.3, -0.25) is 14.4 Å². The smallest absolute Gasteiger partial charge is 0.322 e. The number of benzene rings is 2. The lowest BCUT2D eigenvalue weighted by Crippen LogP contribution is -2.29. The molecule has 0 radical (unpaired) electrons. The number of aliphatic carboxylic acids is 1. The van der Waals surface area contributed by atoms with E-state index in [1.165, 1.54) is 0 Å². The molecule has 2 aromatic carbocycles. The molecule has 0 aliphatic rings. The lowest BCUT2D eigenvalue weighted by Gasteiger charge is -2.07. The minimum Gasteiger partial charge on any atom is -0.480 e. The summed E-state index contributed by atoms with van der Waals surface area (Å²) in [6.45, 7) is -0.0390. The van der Waals surface area contributed by atoms with E-state index in [4.69, 9.17) is 5.11 Å². The highest BCUT2D eigenvalue weighted by Crippen LogP contribution is 2.05. The summed E-state index contributed by atoms with van der Waals surface area (Å²) in [7, 11) is 0. The molecule has 0 saturated heterocycles. The van der Waals surface area contributed by atoms with Gasteiger partial charge in [-0.1, -0.05) is 42.5 Å². The van der Waals surface area contributed by atoms with E-state index in [2.05, 4.69) is 10.6 Å². The van der Waals surface area contributed by atoms with Gasteiger partial charge in [0.15, 0.2) is 0 Å². The van der Waals surface area contributed by atoms with Crippen molar-refractivity contribution in [3.05, 3.63) is 71.3 Å². The molecule has 2 amide bonds. The van der Waals surface area contributed by atoms with E-state index in [-0.39, 0.29) is 5.91 Å². The normalized spacial score (nSPS) is 10.1. The van der Waals surface area contributed by atoms with Crippen LogP contribution in [0.25, 0.3) is 0 Å². The zero-order valence-electron chi connectivity index (χ0n) is 13.7. The van der Waals surface area contributed by atoms with Gasteiger partial charge in [0.2, 0.25) is 5.91 Å². The summed E-state index contributed by atoms with van der Waals surface area (Å²) >= 11 is 0. The summed E-state index contributed by atoms with van der Waals surface area (Å²) in [6, 6.07) is 16.5. The second kappa shape index (κ2) is 9.22. The molecular weight excluding hydrogens is 320 g/mol. The molecule has 130 valence electrons. The number of rotatable bonds is 8. The molecule has 0 fully saturated rings. The van der Waals surface area contributed by atoms with Gasteiger partial charge in [-0.05, 0) is 29.7 Å². The maximum Gasteiger partial charge on any atom is 0.322 e. The van der Waals surface area contributed by atoms with Crippen LogP contribution >= 0.6 is 0 Å². The maximum absolute atomic E-state index is 11.9. The summed E-state index contributed by atoms with van der Waals surface area (Å²) in [6.07, 6.45) is 1.11. The van der Waals surface area contributed by atoms with Crippen molar-refractivity contribution < 1.29 is 19.5 Å². The van der Waals surface area contributed by atoms with Crippen molar-refractivity contribution in [2.75, 3.05) is 6.54 Å². The Morgan fingerprint density at radius 3 is 2.16 bits per heavy atom. The standard InChI is InChI=1S/C19H20N2O4/c22-17(11-8-14-4-2-1-3-5-14)20-12-15-6-9-16(10-7-15)19(25)21-13-18(23)24/h1-7,9-10H,8,11-13H2,(H,20,22)(H,21,25)(H,23,24). The SMILES string of the molecule is O=C(O)CNC(=O)c1ccc(CNC(=O)CCc2ccccc2)cc1. The molecule has 0 saturated carbocycles. The molecule has 0 aliphatic heterocycles. The Hall–Kier alpha value is -3.15. The zero-order valence-corrected chi connectivity index (χ0v) is 13.7. The number of amides is 2. The number of hydrogen-bond acceptors (Lipinski definition) is 3. The Bertz CT molecular complexity index is 727. The molecule has 6 heteroatoms. The van der Waals surface area contributed by atoms with Crippen molar-refractivity contribution in [2.45, 2.75) is 19.4 Å². The fourth-order valence-electron chi connectivity index (χ4n) is 2.22. The van der Waals surface area contributed by atoms with Crippen LogP contribution in [0.3, 0.4) is 0 Å². The van der Waals surface area contributed by atoms with Crippen LogP contribution in [0.1, 0.15) is 27.9 Å². The van der Waals surface area contributed by atoms with Gasteiger partial charge in [-0.25, -0.2) is 0 Å². The second-order valence-electron chi connectivity index (χ2n) is 5.54. The molecule has 3 N–H and O–H groups in total. The number of hydrogen-bond donors (Lipinski definition) is 3. The summed E-state index contributed by atoms with van der Waals surface area (Å²) in [5, 5.41) is 13.7. The molecule has 0 atom stereocenters. The van der Waals surface area contributed by atoms with Crippen molar-refractivity contribution in [3.8, 4) is 0 Å². The number of carbonyl (C=O) groups is 3. The molecule has 25 heavy (non-hydrogen) atoms. The van der Waals surface area contributed by atoms with Crippen LogP contribution in [0.2, 0.25) is 0 Å². The third-order valence-corrected chi connectivity index (χ3v) is 3.59. The highest BCUT2D eigenvalue weighted by molar-refractivity contribution is 5.95. The predicted molar refractivity (Wildman–Crippen MR) is 93.0 cm³/mol. The number of aryl methyl sites for hydroxylation is 1. The van der Waals surface area contributed by atoms with Gasteiger partial charge in [0.25, 0.3) is 5.91 Å². The third kappa shape index (κ3) is 6.47. The quantitative estimate of drug-likeness (QED) is 0.682. The van der Waals surface area contributed by atoms with Crippen LogP contribution in [-0.4, -0.2) is 29.4 Å². The molecular formula is C19H20N2O4. The summed E-state index contributed by atoms with van der Waals surface area (Å²) < 4.78 is 0. The van der Waals surface area contributed by atoms with Crippen LogP contribution < -0.4 is 10.6 Å². The lowest BCUT2D eigenvalue weighted by molar-refractivity contribution is -0.135. The first-order valence-electron chi connectivity index (χ1n) is 7.94. The Morgan fingerprint density at radius 1 is 0.840 bits per heavy atom. The highest BCUT2D eigenvalue weighted by atomic mass is 16.4. The van der Waals surface area contributed by atoms with Gasteiger partial charge >= 0.3 is 5.97 Å². The van der Waals surface area contributed by atoms with E-state index in [1.807, 2.05) is 30.3 Å². The molecule has 0 aliphatic carbocycles. The zero-order chi connectivity index (χ0) is 18.1. The largest absolute Gasteiger partial charge is 0.480 e. The van der Waals surface area contributed by atoms with E-state index in [9.17, 15) is 14.4 Å². The Balaban J connectivity index is 1.76. The average Bonchev–Trinajstić information content (AvgIpc) is 2.64. The number of nitrogens with one attached hydrogen (secondary N) is 2. The van der Waals surface area contributed by atoms with Crippen molar-refractivity contribution >= 4 is 17.8 Å². The minimum atomic E-state index is -1.09. The molecule has 0 unspecified atom stereocenters. The molecule has 2 rings (SSSR count). The molecule has 2 aromatic rings. The monoisotopic (exact) mass is 340 g/mol. The van der Waals surface area contributed by atoms with Crippen molar-refractivity contribution in [3.63, 3.8) is 0 Å². The summed E-state index contributed by atoms with van der Waals surface area (Å²) in [5.74, 6) is -1.57. The van der Waals surface area contributed by atoms with Gasteiger partial charge < -0.3 is 15.7 Å². The summed E-state index contributed by atoms with van der Waals surface area (Å²) in [5.41, 5.74) is 2.36. The maximum atomic E-state index is 11.9. The Kier molecular flexibility index (Phi) is 6.71. The first-order valence-corrected chi connectivity index (χ1v) is 7.94. The van der Waals surface area contributed by atoms with E-state index in [1.54, 1.807) is 24.3 Å². The second-order valence-corrected chi connectivity index (χ2v) is 5.54. The number of carbonyl (C=O) groups excluding carboxylic acids is 2. The topological polar surface area (TPSA) is 95.5 Å². The number of carboxylic acid groups (broad SMARTS) is 1. The Morgan fingerprint density at radius 2 is 1.52 bits per heavy atom. The van der Waals surface area contributed by atoms with E-state index in [0.717, 1.165) is 11.1 Å². The molecule has 0 heterocycles.